The van der Waals surface area contributed by atoms with Crippen LogP contribution in [0.2, 0.25) is 0 Å². The molecule has 0 unspecified atom stereocenters. The van der Waals surface area contributed by atoms with Crippen LogP contribution in [0.25, 0.3) is 5.57 Å². The number of imide groups is 1. The molecule has 1 aliphatic rings. The molecule has 0 bridgehead atoms. The lowest BCUT2D eigenvalue weighted by Gasteiger charge is -2.25. The second-order valence-corrected chi connectivity index (χ2v) is 7.21. The Morgan fingerprint density at radius 3 is 2.31 bits per heavy atom. The Morgan fingerprint density at radius 2 is 1.69 bits per heavy atom. The minimum atomic E-state index is -0.245. The summed E-state index contributed by atoms with van der Waals surface area (Å²) < 4.78 is 5.10. The summed E-state index contributed by atoms with van der Waals surface area (Å²) in [5.41, 5.74) is 4.84. The summed E-state index contributed by atoms with van der Waals surface area (Å²) in [5.74, 6) is -0.483. The molecule has 0 aromatic heterocycles. The molecule has 0 saturated carbocycles. The van der Waals surface area contributed by atoms with Gasteiger partial charge in [0.25, 0.3) is 11.8 Å². The topological polar surface area (TPSA) is 49.9 Å². The number of amides is 2. The normalized spacial score (nSPS) is 14.1. The lowest BCUT2D eigenvalue weighted by Crippen LogP contribution is -2.36. The van der Waals surface area contributed by atoms with Crippen molar-refractivity contribution in [1.29, 1.82) is 0 Å². The molecule has 0 aliphatic carbocycles. The number of benzene rings is 2. The molecule has 0 radical (unpaired) electrons. The van der Waals surface area contributed by atoms with E-state index in [4.69, 9.17) is 4.74 Å². The van der Waals surface area contributed by atoms with Gasteiger partial charge in [-0.1, -0.05) is 36.4 Å². The van der Waals surface area contributed by atoms with Crippen LogP contribution in [-0.4, -0.2) is 43.5 Å². The van der Waals surface area contributed by atoms with Gasteiger partial charge in [-0.05, 0) is 56.0 Å². The fraction of sp³-hybridized carbons (Fsp3) is 0.333. The van der Waals surface area contributed by atoms with Gasteiger partial charge in [-0.2, -0.15) is 0 Å². The van der Waals surface area contributed by atoms with Gasteiger partial charge in [0, 0.05) is 32.5 Å². The molecular weight excluding hydrogens is 364 g/mol. The Kier molecular flexibility index (Phi) is 6.49. The molecule has 0 N–H and O–H groups in total. The van der Waals surface area contributed by atoms with Gasteiger partial charge in [0.15, 0.2) is 0 Å². The summed E-state index contributed by atoms with van der Waals surface area (Å²) in [6.07, 6.45) is 0.610. The third-order valence-electron chi connectivity index (χ3n) is 5.32. The van der Waals surface area contributed by atoms with Crippen molar-refractivity contribution in [2.45, 2.75) is 27.2 Å². The molecule has 0 saturated heterocycles. The highest BCUT2D eigenvalue weighted by Gasteiger charge is 2.41. The Morgan fingerprint density at radius 1 is 0.966 bits per heavy atom. The number of aryl methyl sites for hydroxylation is 2. The third kappa shape index (κ3) is 4.10. The summed E-state index contributed by atoms with van der Waals surface area (Å²) >= 11 is 0. The van der Waals surface area contributed by atoms with E-state index < -0.39 is 0 Å². The minimum absolute atomic E-state index is 0.237. The van der Waals surface area contributed by atoms with Crippen molar-refractivity contribution in [3.8, 4) is 0 Å². The second kappa shape index (κ2) is 9.05. The van der Waals surface area contributed by atoms with Crippen LogP contribution in [0, 0.1) is 13.8 Å². The SMILES string of the molecule is CCN(C1=C(c2ccc(C)c(C)c2)C(=O)N(CCCOC)C1=O)c1ccccc1. The van der Waals surface area contributed by atoms with Crippen molar-refractivity contribution in [3.63, 3.8) is 0 Å². The lowest BCUT2D eigenvalue weighted by atomic mass is 9.99. The fourth-order valence-electron chi connectivity index (χ4n) is 3.62. The number of methoxy groups -OCH3 is 1. The van der Waals surface area contributed by atoms with Gasteiger partial charge >= 0.3 is 0 Å². The van der Waals surface area contributed by atoms with E-state index in [1.165, 1.54) is 4.90 Å². The van der Waals surface area contributed by atoms with E-state index in [1.54, 1.807) is 7.11 Å². The zero-order valence-electron chi connectivity index (χ0n) is 17.6. The molecule has 2 aromatic rings. The average molecular weight is 392 g/mol. The summed E-state index contributed by atoms with van der Waals surface area (Å²) in [6.45, 7) is 7.47. The van der Waals surface area contributed by atoms with E-state index in [0.717, 1.165) is 22.4 Å². The van der Waals surface area contributed by atoms with Crippen molar-refractivity contribution in [2.24, 2.45) is 0 Å². The molecule has 0 fully saturated rings. The first-order valence-corrected chi connectivity index (χ1v) is 9.99. The maximum Gasteiger partial charge on any atom is 0.278 e. The predicted molar refractivity (Wildman–Crippen MR) is 116 cm³/mol. The van der Waals surface area contributed by atoms with Gasteiger partial charge in [-0.3, -0.25) is 14.5 Å². The van der Waals surface area contributed by atoms with Crippen LogP contribution in [0.1, 0.15) is 30.0 Å². The molecule has 1 heterocycles. The fourth-order valence-corrected chi connectivity index (χ4v) is 3.62. The van der Waals surface area contributed by atoms with E-state index in [2.05, 4.69) is 0 Å². The van der Waals surface area contributed by atoms with Crippen LogP contribution in [0.15, 0.2) is 54.2 Å². The molecule has 29 heavy (non-hydrogen) atoms. The highest BCUT2D eigenvalue weighted by molar-refractivity contribution is 6.36. The monoisotopic (exact) mass is 392 g/mol. The standard InChI is InChI=1S/C24H28N2O3/c1-5-25(20-10-7-6-8-11-20)22-21(19-13-12-17(2)18(3)16-19)23(27)26(24(22)28)14-9-15-29-4/h6-8,10-13,16H,5,9,14-15H2,1-4H3. The summed E-state index contributed by atoms with van der Waals surface area (Å²) in [4.78, 5) is 30.0. The number of likely N-dealkylation sites (N-methyl/N-ethyl adjacent to an activating group) is 1. The van der Waals surface area contributed by atoms with Crippen molar-refractivity contribution in [1.82, 2.24) is 4.90 Å². The first-order valence-electron chi connectivity index (χ1n) is 9.99. The molecular formula is C24H28N2O3. The highest BCUT2D eigenvalue weighted by Crippen LogP contribution is 2.34. The van der Waals surface area contributed by atoms with Crippen LogP contribution in [-0.2, 0) is 14.3 Å². The smallest absolute Gasteiger partial charge is 0.278 e. The molecule has 152 valence electrons. The number of carbonyl (C=O) groups excluding carboxylic acids is 2. The number of anilines is 1. The Bertz CT molecular complexity index is 934. The Hall–Kier alpha value is -2.92. The molecule has 0 atom stereocenters. The first kappa shape index (κ1) is 20.8. The molecule has 1 aliphatic heterocycles. The van der Waals surface area contributed by atoms with E-state index in [-0.39, 0.29) is 11.8 Å². The van der Waals surface area contributed by atoms with Gasteiger partial charge in [-0.15, -0.1) is 0 Å². The summed E-state index contributed by atoms with van der Waals surface area (Å²) in [7, 11) is 1.62. The van der Waals surface area contributed by atoms with E-state index in [0.29, 0.717) is 37.4 Å². The van der Waals surface area contributed by atoms with Crippen LogP contribution in [0.4, 0.5) is 5.69 Å². The largest absolute Gasteiger partial charge is 0.385 e. The van der Waals surface area contributed by atoms with Crippen molar-refractivity contribution in [3.05, 3.63) is 70.9 Å². The van der Waals surface area contributed by atoms with Crippen molar-refractivity contribution >= 4 is 23.1 Å². The quantitative estimate of drug-likeness (QED) is 0.504. The Labute approximate surface area is 172 Å². The van der Waals surface area contributed by atoms with Gasteiger partial charge < -0.3 is 9.64 Å². The zero-order valence-corrected chi connectivity index (χ0v) is 17.6. The van der Waals surface area contributed by atoms with E-state index >= 15 is 0 Å². The van der Waals surface area contributed by atoms with Crippen LogP contribution in [0.3, 0.4) is 0 Å². The number of ether oxygens (including phenoxy) is 1. The number of rotatable bonds is 8. The molecule has 0 spiro atoms. The summed E-state index contributed by atoms with van der Waals surface area (Å²) in [6, 6.07) is 15.7. The number of para-hydroxylation sites is 1. The van der Waals surface area contributed by atoms with Gasteiger partial charge in [0.1, 0.15) is 5.70 Å². The molecule has 5 nitrogen and oxygen atoms in total. The van der Waals surface area contributed by atoms with Crippen LogP contribution in [0.5, 0.6) is 0 Å². The first-order chi connectivity index (χ1) is 14.0. The summed E-state index contributed by atoms with van der Waals surface area (Å²) in [5, 5.41) is 0. The van der Waals surface area contributed by atoms with Gasteiger partial charge in [0.2, 0.25) is 0 Å². The Balaban J connectivity index is 2.12. The highest BCUT2D eigenvalue weighted by atomic mass is 16.5. The second-order valence-electron chi connectivity index (χ2n) is 7.21. The molecule has 2 aromatic carbocycles. The number of nitrogens with zero attached hydrogens (tertiary/aromatic N) is 2. The third-order valence-corrected chi connectivity index (χ3v) is 5.32. The maximum atomic E-state index is 13.4. The van der Waals surface area contributed by atoms with Crippen molar-refractivity contribution in [2.75, 3.05) is 31.7 Å². The number of hydrogen-bond acceptors (Lipinski definition) is 4. The zero-order chi connectivity index (χ0) is 21.0. The maximum absolute atomic E-state index is 13.4. The minimum Gasteiger partial charge on any atom is -0.385 e. The number of carbonyl (C=O) groups is 2. The van der Waals surface area contributed by atoms with Crippen molar-refractivity contribution < 1.29 is 14.3 Å². The predicted octanol–water partition coefficient (Wildman–Crippen LogP) is 3.95. The lowest BCUT2D eigenvalue weighted by molar-refractivity contribution is -0.137. The number of hydrogen-bond donors (Lipinski definition) is 0. The average Bonchev–Trinajstić information content (AvgIpc) is 2.96. The molecule has 3 rings (SSSR count). The van der Waals surface area contributed by atoms with Crippen LogP contribution < -0.4 is 4.90 Å². The van der Waals surface area contributed by atoms with E-state index in [9.17, 15) is 9.59 Å². The van der Waals surface area contributed by atoms with E-state index in [1.807, 2.05) is 74.2 Å². The molecule has 2 amide bonds. The molecule has 5 heteroatoms. The van der Waals surface area contributed by atoms with Gasteiger partial charge in [-0.25, -0.2) is 0 Å². The van der Waals surface area contributed by atoms with Gasteiger partial charge in [0.05, 0.1) is 5.57 Å². The van der Waals surface area contributed by atoms with Crippen LogP contribution >= 0.6 is 0 Å².